The Bertz CT molecular complexity index is 450. The highest BCUT2D eigenvalue weighted by molar-refractivity contribution is 5.31. The van der Waals surface area contributed by atoms with Crippen LogP contribution < -0.4 is 0 Å². The fraction of sp³-hybridized carbons (Fsp3) is 0.808. The summed E-state index contributed by atoms with van der Waals surface area (Å²) >= 11 is 0. The molecule has 0 aromatic carbocycles. The summed E-state index contributed by atoms with van der Waals surface area (Å²) in [7, 11) is 0. The Hall–Kier alpha value is -0.520. The minimum absolute atomic E-state index is 0.701. The summed E-state index contributed by atoms with van der Waals surface area (Å²) in [5, 5.41) is 0. The van der Waals surface area contributed by atoms with Crippen molar-refractivity contribution in [3.8, 4) is 0 Å². The van der Waals surface area contributed by atoms with Crippen molar-refractivity contribution in [1.29, 1.82) is 0 Å². The molecule has 0 nitrogen and oxygen atoms in total. The Morgan fingerprint density at radius 1 is 0.769 bits per heavy atom. The molecule has 0 heterocycles. The SMILES string of the molecule is CC1CCC(C(C)C)C([C]2C=CC=CC2C2CC(C)CCC2C(C)C)C1. The van der Waals surface area contributed by atoms with E-state index in [1.54, 1.807) is 0 Å². The molecule has 0 bridgehead atoms. The summed E-state index contributed by atoms with van der Waals surface area (Å²) in [5.41, 5.74) is 0. The zero-order valence-corrected chi connectivity index (χ0v) is 18.2. The van der Waals surface area contributed by atoms with Crippen molar-refractivity contribution in [2.24, 2.45) is 53.3 Å². The van der Waals surface area contributed by atoms with Gasteiger partial charge in [0.25, 0.3) is 0 Å². The molecule has 147 valence electrons. The van der Waals surface area contributed by atoms with Gasteiger partial charge in [0.15, 0.2) is 0 Å². The zero-order chi connectivity index (χ0) is 18.8. The van der Waals surface area contributed by atoms with E-state index in [0.717, 1.165) is 47.3 Å². The third-order valence-electron chi connectivity index (χ3n) is 8.09. The van der Waals surface area contributed by atoms with Crippen LogP contribution in [0, 0.1) is 59.2 Å². The van der Waals surface area contributed by atoms with E-state index >= 15 is 0 Å². The minimum Gasteiger partial charge on any atom is -0.0802 e. The average molecular weight is 356 g/mol. The topological polar surface area (TPSA) is 0 Å². The van der Waals surface area contributed by atoms with Crippen LogP contribution in [-0.2, 0) is 0 Å². The second-order valence-electron chi connectivity index (χ2n) is 10.7. The summed E-state index contributed by atoms with van der Waals surface area (Å²) in [6.07, 6.45) is 18.4. The molecule has 3 rings (SSSR count). The Morgan fingerprint density at radius 3 is 2.04 bits per heavy atom. The van der Waals surface area contributed by atoms with Crippen molar-refractivity contribution in [1.82, 2.24) is 0 Å². The standard InChI is InChI=1S/C26H43/c1-17(2)21-13-11-19(5)15-25(21)23-9-7-8-10-24(23)26-16-20(6)12-14-22(26)18(3)4/h7-10,17-23,25-26H,11-16H2,1-6H3. The molecule has 7 atom stereocenters. The molecule has 26 heavy (non-hydrogen) atoms. The van der Waals surface area contributed by atoms with E-state index in [1.807, 2.05) is 5.92 Å². The van der Waals surface area contributed by atoms with Gasteiger partial charge in [-0.1, -0.05) is 78.7 Å². The molecular formula is C26H43. The van der Waals surface area contributed by atoms with Crippen LogP contribution in [0.3, 0.4) is 0 Å². The molecule has 3 aliphatic rings. The molecule has 3 aliphatic carbocycles. The third kappa shape index (κ3) is 4.31. The van der Waals surface area contributed by atoms with E-state index in [2.05, 4.69) is 65.8 Å². The van der Waals surface area contributed by atoms with Gasteiger partial charge < -0.3 is 0 Å². The first-order valence-electron chi connectivity index (χ1n) is 11.6. The first kappa shape index (κ1) is 20.2. The fourth-order valence-corrected chi connectivity index (χ4v) is 6.61. The molecule has 0 aliphatic heterocycles. The number of allylic oxidation sites excluding steroid dienone is 4. The Labute approximate surface area is 163 Å². The van der Waals surface area contributed by atoms with Gasteiger partial charge >= 0.3 is 0 Å². The van der Waals surface area contributed by atoms with Crippen molar-refractivity contribution >= 4 is 0 Å². The molecule has 0 N–H and O–H groups in total. The molecule has 1 radical (unpaired) electrons. The van der Waals surface area contributed by atoms with Crippen LogP contribution in [0.25, 0.3) is 0 Å². The van der Waals surface area contributed by atoms with E-state index < -0.39 is 0 Å². The Kier molecular flexibility index (Phi) is 6.73. The highest BCUT2D eigenvalue weighted by Crippen LogP contribution is 2.52. The molecule has 0 saturated heterocycles. The van der Waals surface area contributed by atoms with E-state index in [-0.39, 0.29) is 0 Å². The van der Waals surface area contributed by atoms with Crippen LogP contribution in [0.2, 0.25) is 0 Å². The van der Waals surface area contributed by atoms with Crippen molar-refractivity contribution in [2.75, 3.05) is 0 Å². The number of hydrogen-bond donors (Lipinski definition) is 0. The maximum Gasteiger partial charge on any atom is 0.00810 e. The maximum absolute atomic E-state index is 2.59. The second-order valence-corrected chi connectivity index (χ2v) is 10.7. The molecule has 2 saturated carbocycles. The predicted molar refractivity (Wildman–Crippen MR) is 115 cm³/mol. The lowest BCUT2D eigenvalue weighted by molar-refractivity contribution is 0.0893. The van der Waals surface area contributed by atoms with Crippen LogP contribution in [0.5, 0.6) is 0 Å². The molecule has 7 unspecified atom stereocenters. The monoisotopic (exact) mass is 355 g/mol. The van der Waals surface area contributed by atoms with Crippen molar-refractivity contribution in [2.45, 2.75) is 80.1 Å². The van der Waals surface area contributed by atoms with Gasteiger partial charge in [-0.2, -0.15) is 0 Å². The molecular weight excluding hydrogens is 312 g/mol. The number of rotatable bonds is 4. The van der Waals surface area contributed by atoms with Crippen molar-refractivity contribution < 1.29 is 0 Å². The average Bonchev–Trinajstić information content (AvgIpc) is 2.61. The first-order valence-corrected chi connectivity index (χ1v) is 11.6. The Morgan fingerprint density at radius 2 is 1.38 bits per heavy atom. The van der Waals surface area contributed by atoms with E-state index in [0.29, 0.717) is 5.92 Å². The summed E-state index contributed by atoms with van der Waals surface area (Å²) < 4.78 is 0. The van der Waals surface area contributed by atoms with E-state index in [4.69, 9.17) is 0 Å². The fourth-order valence-electron chi connectivity index (χ4n) is 6.61. The summed E-state index contributed by atoms with van der Waals surface area (Å²) in [5.74, 6) is 9.41. The van der Waals surface area contributed by atoms with Gasteiger partial charge in [-0.25, -0.2) is 0 Å². The van der Waals surface area contributed by atoms with Crippen LogP contribution in [0.15, 0.2) is 24.3 Å². The molecule has 0 aromatic heterocycles. The lowest BCUT2D eigenvalue weighted by Gasteiger charge is -2.48. The van der Waals surface area contributed by atoms with Crippen LogP contribution in [0.4, 0.5) is 0 Å². The zero-order valence-electron chi connectivity index (χ0n) is 18.2. The maximum atomic E-state index is 2.59. The van der Waals surface area contributed by atoms with Gasteiger partial charge in [0.05, 0.1) is 0 Å². The Balaban J connectivity index is 1.87. The largest absolute Gasteiger partial charge is 0.0802 e. The highest BCUT2D eigenvalue weighted by Gasteiger charge is 2.44. The van der Waals surface area contributed by atoms with Crippen LogP contribution in [-0.4, -0.2) is 0 Å². The third-order valence-corrected chi connectivity index (χ3v) is 8.09. The van der Waals surface area contributed by atoms with Gasteiger partial charge in [-0.05, 0) is 78.9 Å². The second kappa shape index (κ2) is 8.66. The smallest absolute Gasteiger partial charge is 0.00810 e. The summed E-state index contributed by atoms with van der Waals surface area (Å²) in [6, 6.07) is 0. The minimum atomic E-state index is 0.701. The van der Waals surface area contributed by atoms with Crippen LogP contribution >= 0.6 is 0 Å². The summed E-state index contributed by atoms with van der Waals surface area (Å²) in [4.78, 5) is 0. The van der Waals surface area contributed by atoms with Gasteiger partial charge in [0, 0.05) is 5.92 Å². The van der Waals surface area contributed by atoms with Gasteiger partial charge in [-0.3, -0.25) is 0 Å². The first-order chi connectivity index (χ1) is 12.4. The number of hydrogen-bond acceptors (Lipinski definition) is 0. The normalized spacial score (nSPS) is 41.9. The summed E-state index contributed by atoms with van der Waals surface area (Å²) in [6.45, 7) is 14.8. The highest BCUT2D eigenvalue weighted by atomic mass is 14.5. The lowest BCUT2D eigenvalue weighted by atomic mass is 9.56. The van der Waals surface area contributed by atoms with Gasteiger partial charge in [0.1, 0.15) is 0 Å². The predicted octanol–water partition coefficient (Wildman–Crippen LogP) is 7.72. The van der Waals surface area contributed by atoms with Gasteiger partial charge in [-0.15, -0.1) is 0 Å². The molecule has 0 amide bonds. The van der Waals surface area contributed by atoms with Gasteiger partial charge in [0.2, 0.25) is 0 Å². The van der Waals surface area contributed by atoms with E-state index in [1.165, 1.54) is 38.5 Å². The van der Waals surface area contributed by atoms with Crippen molar-refractivity contribution in [3.63, 3.8) is 0 Å². The lowest BCUT2D eigenvalue weighted by Crippen LogP contribution is -2.40. The molecule has 2 fully saturated rings. The molecule has 0 spiro atoms. The van der Waals surface area contributed by atoms with Crippen molar-refractivity contribution in [3.05, 3.63) is 30.2 Å². The molecule has 0 heteroatoms. The molecule has 0 aromatic rings. The quantitative estimate of drug-likeness (QED) is 0.484. The van der Waals surface area contributed by atoms with E-state index in [9.17, 15) is 0 Å². The van der Waals surface area contributed by atoms with Crippen LogP contribution in [0.1, 0.15) is 80.1 Å².